The SMILES string of the molecule is NC(CC(=O)O)C(=O)O.NC(CCO)C(=O)O. The van der Waals surface area contributed by atoms with Crippen molar-refractivity contribution in [2.45, 2.75) is 24.9 Å². The second-order valence-corrected chi connectivity index (χ2v) is 3.00. The summed E-state index contributed by atoms with van der Waals surface area (Å²) in [7, 11) is 0. The average Bonchev–Trinajstić information content (AvgIpc) is 2.17. The Labute approximate surface area is 96.6 Å². The number of aliphatic hydroxyl groups excluding tert-OH is 1. The number of aliphatic carboxylic acids is 3. The van der Waals surface area contributed by atoms with Crippen molar-refractivity contribution >= 4 is 17.9 Å². The van der Waals surface area contributed by atoms with Crippen LogP contribution in [0.1, 0.15) is 12.8 Å². The molecule has 0 bridgehead atoms. The zero-order chi connectivity index (χ0) is 14.0. The second kappa shape index (κ2) is 9.51. The Kier molecular flexibility index (Phi) is 9.89. The fourth-order valence-corrected chi connectivity index (χ4v) is 0.538. The highest BCUT2D eigenvalue weighted by Gasteiger charge is 2.14. The molecule has 9 nitrogen and oxygen atoms in total. The van der Waals surface area contributed by atoms with Gasteiger partial charge in [-0.25, -0.2) is 0 Å². The highest BCUT2D eigenvalue weighted by Crippen LogP contribution is 1.86. The first-order chi connectivity index (χ1) is 7.72. The monoisotopic (exact) mass is 252 g/mol. The molecular weight excluding hydrogens is 236 g/mol. The molecule has 0 aliphatic rings. The van der Waals surface area contributed by atoms with E-state index in [0.29, 0.717) is 0 Å². The molecule has 2 unspecified atom stereocenters. The number of carboxylic acid groups (broad SMARTS) is 3. The fraction of sp³-hybridized carbons (Fsp3) is 0.625. The molecule has 8 N–H and O–H groups in total. The van der Waals surface area contributed by atoms with E-state index in [1.807, 2.05) is 0 Å². The van der Waals surface area contributed by atoms with Crippen LogP contribution in [0.2, 0.25) is 0 Å². The standard InChI is InChI=1S/C4H7NO4.C4H9NO3/c5-2(4(8)9)1-3(6)7;5-3(1-2-6)4(7)8/h2H,1,5H2,(H,6,7)(H,8,9);3,6H,1-2,5H2,(H,7,8). The number of hydrogen-bond acceptors (Lipinski definition) is 6. The van der Waals surface area contributed by atoms with Crippen molar-refractivity contribution in [2.75, 3.05) is 6.61 Å². The summed E-state index contributed by atoms with van der Waals surface area (Å²) in [5.74, 6) is -3.57. The summed E-state index contributed by atoms with van der Waals surface area (Å²) < 4.78 is 0. The Hall–Kier alpha value is -1.71. The minimum atomic E-state index is -1.29. The van der Waals surface area contributed by atoms with Crippen LogP contribution in [0.3, 0.4) is 0 Å². The van der Waals surface area contributed by atoms with Crippen LogP contribution in [0.15, 0.2) is 0 Å². The van der Waals surface area contributed by atoms with Gasteiger partial charge in [-0.05, 0) is 6.42 Å². The first kappa shape index (κ1) is 17.7. The molecule has 0 rings (SSSR count). The van der Waals surface area contributed by atoms with Crippen molar-refractivity contribution < 1.29 is 34.8 Å². The minimum absolute atomic E-state index is 0.120. The van der Waals surface area contributed by atoms with E-state index in [9.17, 15) is 14.4 Å². The van der Waals surface area contributed by atoms with Gasteiger partial charge in [0.2, 0.25) is 0 Å². The molecule has 0 aromatic carbocycles. The van der Waals surface area contributed by atoms with Gasteiger partial charge in [0, 0.05) is 6.61 Å². The smallest absolute Gasteiger partial charge is 0.321 e. The Balaban J connectivity index is 0. The number of nitrogens with two attached hydrogens (primary N) is 2. The third kappa shape index (κ3) is 12.2. The molecule has 0 fully saturated rings. The maximum atomic E-state index is 9.85. The molecule has 0 aliphatic heterocycles. The lowest BCUT2D eigenvalue weighted by atomic mass is 10.2. The largest absolute Gasteiger partial charge is 0.481 e. The maximum absolute atomic E-state index is 9.85. The molecular formula is C8H16N2O7. The van der Waals surface area contributed by atoms with Crippen molar-refractivity contribution in [2.24, 2.45) is 11.5 Å². The van der Waals surface area contributed by atoms with E-state index in [0.717, 1.165) is 0 Å². The Morgan fingerprint density at radius 1 is 0.941 bits per heavy atom. The van der Waals surface area contributed by atoms with Crippen LogP contribution in [0.4, 0.5) is 0 Å². The van der Waals surface area contributed by atoms with Crippen molar-refractivity contribution in [3.05, 3.63) is 0 Å². The summed E-state index contributed by atoms with van der Waals surface area (Å²) in [6.07, 6.45) is -0.412. The first-order valence-corrected chi connectivity index (χ1v) is 4.51. The first-order valence-electron chi connectivity index (χ1n) is 4.51. The molecule has 0 amide bonds. The van der Waals surface area contributed by atoms with Crippen LogP contribution in [0.25, 0.3) is 0 Å². The molecule has 0 aliphatic carbocycles. The van der Waals surface area contributed by atoms with Crippen LogP contribution in [0, 0.1) is 0 Å². The van der Waals surface area contributed by atoms with Gasteiger partial charge in [0.15, 0.2) is 0 Å². The van der Waals surface area contributed by atoms with Gasteiger partial charge in [-0.2, -0.15) is 0 Å². The van der Waals surface area contributed by atoms with Crippen molar-refractivity contribution in [3.63, 3.8) is 0 Å². The average molecular weight is 252 g/mol. The van der Waals surface area contributed by atoms with Crippen molar-refractivity contribution in [1.82, 2.24) is 0 Å². The molecule has 100 valence electrons. The lowest BCUT2D eigenvalue weighted by molar-refractivity contribution is -0.144. The van der Waals surface area contributed by atoms with E-state index in [2.05, 4.69) is 0 Å². The third-order valence-corrected chi connectivity index (χ3v) is 1.47. The predicted molar refractivity (Wildman–Crippen MR) is 55.2 cm³/mol. The van der Waals surface area contributed by atoms with E-state index in [1.54, 1.807) is 0 Å². The molecule has 0 heterocycles. The maximum Gasteiger partial charge on any atom is 0.321 e. The molecule has 9 heteroatoms. The van der Waals surface area contributed by atoms with Gasteiger partial charge in [-0.1, -0.05) is 0 Å². The lowest BCUT2D eigenvalue weighted by Crippen LogP contribution is -2.32. The van der Waals surface area contributed by atoms with Gasteiger partial charge in [-0.3, -0.25) is 14.4 Å². The van der Waals surface area contributed by atoms with Gasteiger partial charge in [-0.15, -0.1) is 0 Å². The Morgan fingerprint density at radius 2 is 1.35 bits per heavy atom. The summed E-state index contributed by atoms with van der Waals surface area (Å²) in [6.45, 7) is -0.173. The molecule has 2 atom stereocenters. The highest BCUT2D eigenvalue weighted by atomic mass is 16.4. The van der Waals surface area contributed by atoms with Gasteiger partial charge < -0.3 is 31.9 Å². The van der Waals surface area contributed by atoms with Crippen molar-refractivity contribution in [1.29, 1.82) is 0 Å². The molecule has 0 aromatic heterocycles. The fourth-order valence-electron chi connectivity index (χ4n) is 0.538. The van der Waals surface area contributed by atoms with Gasteiger partial charge >= 0.3 is 17.9 Å². The van der Waals surface area contributed by atoms with Crippen LogP contribution >= 0.6 is 0 Å². The van der Waals surface area contributed by atoms with Crippen LogP contribution in [-0.4, -0.2) is 57.0 Å². The van der Waals surface area contributed by atoms with Gasteiger partial charge in [0.05, 0.1) is 6.42 Å². The van der Waals surface area contributed by atoms with E-state index in [4.69, 9.17) is 31.9 Å². The molecule has 0 aromatic rings. The second-order valence-electron chi connectivity index (χ2n) is 3.00. The lowest BCUT2D eigenvalue weighted by Gasteiger charge is -2.00. The highest BCUT2D eigenvalue weighted by molar-refractivity contribution is 5.80. The summed E-state index contributed by atoms with van der Waals surface area (Å²) in [5, 5.41) is 32.3. The molecule has 0 saturated heterocycles. The van der Waals surface area contributed by atoms with Crippen LogP contribution < -0.4 is 11.5 Å². The van der Waals surface area contributed by atoms with E-state index >= 15 is 0 Å². The zero-order valence-electron chi connectivity index (χ0n) is 8.94. The zero-order valence-corrected chi connectivity index (χ0v) is 8.94. The molecule has 0 radical (unpaired) electrons. The van der Waals surface area contributed by atoms with Crippen LogP contribution in [0.5, 0.6) is 0 Å². The third-order valence-electron chi connectivity index (χ3n) is 1.47. The van der Waals surface area contributed by atoms with E-state index < -0.39 is 36.4 Å². The topological polar surface area (TPSA) is 184 Å². The summed E-state index contributed by atoms with van der Waals surface area (Å²) >= 11 is 0. The summed E-state index contributed by atoms with van der Waals surface area (Å²) in [6, 6.07) is -2.21. The Bertz CT molecular complexity index is 269. The van der Waals surface area contributed by atoms with Gasteiger partial charge in [0.1, 0.15) is 12.1 Å². The number of rotatable bonds is 6. The molecule has 17 heavy (non-hydrogen) atoms. The van der Waals surface area contributed by atoms with E-state index in [1.165, 1.54) is 0 Å². The number of hydrogen-bond donors (Lipinski definition) is 6. The van der Waals surface area contributed by atoms with E-state index in [-0.39, 0.29) is 13.0 Å². The minimum Gasteiger partial charge on any atom is -0.481 e. The van der Waals surface area contributed by atoms with Crippen molar-refractivity contribution in [3.8, 4) is 0 Å². The predicted octanol–water partition coefficient (Wildman–Crippen LogP) is -2.35. The van der Waals surface area contributed by atoms with Crippen LogP contribution in [-0.2, 0) is 14.4 Å². The molecule has 0 saturated carbocycles. The number of aliphatic hydroxyl groups is 1. The Morgan fingerprint density at radius 3 is 1.47 bits per heavy atom. The number of carboxylic acids is 3. The summed E-state index contributed by atoms with van der Waals surface area (Å²) in [5.41, 5.74) is 9.80. The quantitative estimate of drug-likeness (QED) is 0.301. The van der Waals surface area contributed by atoms with Gasteiger partial charge in [0.25, 0.3) is 0 Å². The summed E-state index contributed by atoms with van der Waals surface area (Å²) in [4.78, 5) is 29.5. The normalized spacial score (nSPS) is 12.9. The number of carbonyl (C=O) groups is 3. The molecule has 0 spiro atoms.